The Hall–Kier alpha value is -2.25. The highest BCUT2D eigenvalue weighted by atomic mass is 35.5. The van der Waals surface area contributed by atoms with E-state index in [9.17, 15) is 13.2 Å². The molecule has 0 aliphatic carbocycles. The SMILES string of the molecule is COc1ccc(CN(C)C(=O)CCCN(c2cccc(Cl)c2C)S(C)(=O)=O)cc1. The third-order valence-corrected chi connectivity index (χ3v) is 6.25. The summed E-state index contributed by atoms with van der Waals surface area (Å²) in [7, 11) is -0.148. The lowest BCUT2D eigenvalue weighted by Gasteiger charge is -2.25. The second-order valence-corrected chi connectivity index (χ2v) is 9.23. The number of anilines is 1. The average molecular weight is 439 g/mol. The van der Waals surface area contributed by atoms with Crippen LogP contribution in [0.1, 0.15) is 24.0 Å². The molecule has 0 aliphatic rings. The van der Waals surface area contributed by atoms with E-state index in [0.717, 1.165) is 17.6 Å². The molecular formula is C21H27ClN2O4S. The summed E-state index contributed by atoms with van der Waals surface area (Å²) < 4.78 is 31.0. The highest BCUT2D eigenvalue weighted by Crippen LogP contribution is 2.28. The van der Waals surface area contributed by atoms with Gasteiger partial charge in [0.25, 0.3) is 0 Å². The number of carbonyl (C=O) groups excluding carboxylic acids is 1. The molecule has 0 saturated carbocycles. The Morgan fingerprint density at radius 3 is 2.38 bits per heavy atom. The first-order chi connectivity index (χ1) is 13.6. The number of hydrogen-bond acceptors (Lipinski definition) is 4. The Balaban J connectivity index is 1.97. The van der Waals surface area contributed by atoms with Gasteiger partial charge in [0, 0.05) is 31.6 Å². The lowest BCUT2D eigenvalue weighted by Crippen LogP contribution is -2.33. The predicted octanol–water partition coefficient (Wildman–Crippen LogP) is 3.86. The Labute approximate surface area is 178 Å². The fourth-order valence-corrected chi connectivity index (χ4v) is 4.17. The monoisotopic (exact) mass is 438 g/mol. The van der Waals surface area contributed by atoms with Gasteiger partial charge in [0.2, 0.25) is 15.9 Å². The van der Waals surface area contributed by atoms with Crippen molar-refractivity contribution < 1.29 is 17.9 Å². The zero-order valence-corrected chi connectivity index (χ0v) is 18.8. The molecule has 0 spiro atoms. The highest BCUT2D eigenvalue weighted by Gasteiger charge is 2.20. The summed E-state index contributed by atoms with van der Waals surface area (Å²) in [5.74, 6) is 0.719. The van der Waals surface area contributed by atoms with Crippen molar-refractivity contribution in [2.24, 2.45) is 0 Å². The van der Waals surface area contributed by atoms with E-state index in [1.54, 1.807) is 44.2 Å². The Bertz CT molecular complexity index is 946. The van der Waals surface area contributed by atoms with Crippen LogP contribution in [0.15, 0.2) is 42.5 Å². The van der Waals surface area contributed by atoms with Crippen LogP contribution in [0, 0.1) is 6.92 Å². The van der Waals surface area contributed by atoms with E-state index in [1.165, 1.54) is 4.31 Å². The molecule has 0 heterocycles. The lowest BCUT2D eigenvalue weighted by atomic mass is 10.2. The lowest BCUT2D eigenvalue weighted by molar-refractivity contribution is -0.130. The Morgan fingerprint density at radius 2 is 1.79 bits per heavy atom. The van der Waals surface area contributed by atoms with Crippen molar-refractivity contribution in [2.75, 3.05) is 31.3 Å². The van der Waals surface area contributed by atoms with Gasteiger partial charge in [-0.15, -0.1) is 0 Å². The molecule has 2 aromatic carbocycles. The van der Waals surface area contributed by atoms with E-state index in [4.69, 9.17) is 16.3 Å². The van der Waals surface area contributed by atoms with Gasteiger partial charge in [-0.3, -0.25) is 9.10 Å². The third-order valence-electron chi connectivity index (χ3n) is 4.66. The number of amides is 1. The number of benzene rings is 2. The van der Waals surface area contributed by atoms with Crippen molar-refractivity contribution >= 4 is 33.2 Å². The van der Waals surface area contributed by atoms with Crippen molar-refractivity contribution in [1.29, 1.82) is 0 Å². The number of nitrogens with zero attached hydrogens (tertiary/aromatic N) is 2. The fourth-order valence-electron chi connectivity index (χ4n) is 2.99. The molecule has 0 bridgehead atoms. The third kappa shape index (κ3) is 6.37. The van der Waals surface area contributed by atoms with Gasteiger partial charge in [-0.1, -0.05) is 29.8 Å². The van der Waals surface area contributed by atoms with Crippen molar-refractivity contribution in [3.05, 3.63) is 58.6 Å². The number of hydrogen-bond donors (Lipinski definition) is 0. The van der Waals surface area contributed by atoms with Gasteiger partial charge in [0.15, 0.2) is 0 Å². The van der Waals surface area contributed by atoms with Crippen LogP contribution in [0.4, 0.5) is 5.69 Å². The fraction of sp³-hybridized carbons (Fsp3) is 0.381. The van der Waals surface area contributed by atoms with E-state index in [2.05, 4.69) is 0 Å². The van der Waals surface area contributed by atoms with Crippen LogP contribution >= 0.6 is 11.6 Å². The standard InChI is InChI=1S/C21H27ClN2O4S/c1-16-19(22)7-5-8-20(16)24(29(4,26)27)14-6-9-21(25)23(2)15-17-10-12-18(28-3)13-11-17/h5,7-8,10-13H,6,9,14-15H2,1-4H3. The summed E-state index contributed by atoms with van der Waals surface area (Å²) >= 11 is 6.14. The minimum Gasteiger partial charge on any atom is -0.497 e. The van der Waals surface area contributed by atoms with Crippen molar-refractivity contribution in [2.45, 2.75) is 26.3 Å². The van der Waals surface area contributed by atoms with E-state index in [1.807, 2.05) is 24.3 Å². The van der Waals surface area contributed by atoms with Crippen molar-refractivity contribution in [3.63, 3.8) is 0 Å². The maximum absolute atomic E-state index is 12.5. The van der Waals surface area contributed by atoms with Crippen LogP contribution < -0.4 is 9.04 Å². The molecule has 29 heavy (non-hydrogen) atoms. The van der Waals surface area contributed by atoms with Gasteiger partial charge in [-0.25, -0.2) is 8.42 Å². The Kier molecular flexibility index (Phi) is 7.93. The molecule has 0 fully saturated rings. The molecule has 158 valence electrons. The van der Waals surface area contributed by atoms with Crippen LogP contribution in [0.3, 0.4) is 0 Å². The van der Waals surface area contributed by atoms with Gasteiger partial charge in [0.1, 0.15) is 5.75 Å². The van der Waals surface area contributed by atoms with Crippen LogP contribution in [0.25, 0.3) is 0 Å². The molecule has 2 rings (SSSR count). The normalized spacial score (nSPS) is 11.2. The first-order valence-corrected chi connectivity index (χ1v) is 11.5. The highest BCUT2D eigenvalue weighted by molar-refractivity contribution is 7.92. The Morgan fingerprint density at radius 1 is 1.14 bits per heavy atom. The minimum absolute atomic E-state index is 0.0444. The molecule has 8 heteroatoms. The summed E-state index contributed by atoms with van der Waals surface area (Å²) in [6, 6.07) is 12.7. The van der Waals surface area contributed by atoms with Gasteiger partial charge < -0.3 is 9.64 Å². The molecule has 0 aromatic heterocycles. The maximum atomic E-state index is 12.5. The quantitative estimate of drug-likeness (QED) is 0.596. The largest absolute Gasteiger partial charge is 0.497 e. The van der Waals surface area contributed by atoms with E-state index in [0.29, 0.717) is 29.2 Å². The number of sulfonamides is 1. The first-order valence-electron chi connectivity index (χ1n) is 9.23. The van der Waals surface area contributed by atoms with Gasteiger partial charge in [-0.2, -0.15) is 0 Å². The molecule has 6 nitrogen and oxygen atoms in total. The zero-order valence-electron chi connectivity index (χ0n) is 17.2. The summed E-state index contributed by atoms with van der Waals surface area (Å²) in [5, 5.41) is 0.506. The van der Waals surface area contributed by atoms with Crippen LogP contribution in [-0.4, -0.2) is 46.2 Å². The van der Waals surface area contributed by atoms with Gasteiger partial charge >= 0.3 is 0 Å². The molecular weight excluding hydrogens is 412 g/mol. The first kappa shape index (κ1) is 23.0. The van der Waals surface area contributed by atoms with E-state index < -0.39 is 10.0 Å². The summed E-state index contributed by atoms with van der Waals surface area (Å²) in [6.45, 7) is 2.47. The number of methoxy groups -OCH3 is 1. The zero-order chi connectivity index (χ0) is 21.6. The van der Waals surface area contributed by atoms with Gasteiger partial charge in [-0.05, 0) is 48.7 Å². The van der Waals surface area contributed by atoms with Gasteiger partial charge in [0.05, 0.1) is 19.1 Å². The number of carbonyl (C=O) groups is 1. The second-order valence-electron chi connectivity index (χ2n) is 6.92. The number of rotatable bonds is 9. The number of ether oxygens (including phenoxy) is 1. The molecule has 1 amide bonds. The van der Waals surface area contributed by atoms with Crippen LogP contribution in [0.2, 0.25) is 5.02 Å². The van der Waals surface area contributed by atoms with E-state index in [-0.39, 0.29) is 18.9 Å². The summed E-state index contributed by atoms with van der Waals surface area (Å²) in [5.41, 5.74) is 2.23. The maximum Gasteiger partial charge on any atom is 0.232 e. The smallest absolute Gasteiger partial charge is 0.232 e. The topological polar surface area (TPSA) is 66.9 Å². The van der Waals surface area contributed by atoms with E-state index >= 15 is 0 Å². The van der Waals surface area contributed by atoms with Crippen LogP contribution in [-0.2, 0) is 21.4 Å². The molecule has 0 aliphatic heterocycles. The molecule has 0 atom stereocenters. The summed E-state index contributed by atoms with van der Waals surface area (Å²) in [6.07, 6.45) is 1.81. The van der Waals surface area contributed by atoms with Crippen LogP contribution in [0.5, 0.6) is 5.75 Å². The molecule has 0 unspecified atom stereocenters. The van der Waals surface area contributed by atoms with Crippen molar-refractivity contribution in [3.8, 4) is 5.75 Å². The predicted molar refractivity (Wildman–Crippen MR) is 117 cm³/mol. The summed E-state index contributed by atoms with van der Waals surface area (Å²) in [4.78, 5) is 14.1. The molecule has 0 radical (unpaired) electrons. The minimum atomic E-state index is -3.49. The molecule has 0 N–H and O–H groups in total. The molecule has 2 aromatic rings. The average Bonchev–Trinajstić information content (AvgIpc) is 2.67. The second kappa shape index (κ2) is 9.98. The molecule has 0 saturated heterocycles. The number of halogens is 1. The van der Waals surface area contributed by atoms with Crippen molar-refractivity contribution in [1.82, 2.24) is 4.90 Å².